The van der Waals surface area contributed by atoms with Crippen molar-refractivity contribution >= 4 is 5.97 Å². The Morgan fingerprint density at radius 3 is 2.24 bits per heavy atom. The Bertz CT molecular complexity index is 282. The Labute approximate surface area is 104 Å². The van der Waals surface area contributed by atoms with Gasteiger partial charge >= 0.3 is 5.97 Å². The Kier molecular flexibility index (Phi) is 4.20. The van der Waals surface area contributed by atoms with Crippen LogP contribution in [0.3, 0.4) is 0 Å². The van der Waals surface area contributed by atoms with Crippen LogP contribution in [0.15, 0.2) is 0 Å². The smallest absolute Gasteiger partial charge is 0.314 e. The van der Waals surface area contributed by atoms with E-state index in [1.54, 1.807) is 0 Å². The third-order valence-electron chi connectivity index (χ3n) is 4.55. The van der Waals surface area contributed by atoms with E-state index in [4.69, 9.17) is 4.74 Å². The van der Waals surface area contributed by atoms with Gasteiger partial charge in [-0.05, 0) is 32.7 Å². The van der Waals surface area contributed by atoms with Crippen molar-refractivity contribution in [1.82, 2.24) is 4.90 Å². The Hall–Kier alpha value is -0.610. The molecular formula is C13H25NO3. The zero-order valence-corrected chi connectivity index (χ0v) is 11.6. The highest BCUT2D eigenvalue weighted by Gasteiger charge is 2.55. The number of aliphatic hydroxyl groups is 1. The van der Waals surface area contributed by atoms with Crippen LogP contribution in [0, 0.1) is 11.3 Å². The van der Waals surface area contributed by atoms with Crippen molar-refractivity contribution in [3.63, 3.8) is 0 Å². The largest absolute Gasteiger partial charge is 0.469 e. The first-order valence-corrected chi connectivity index (χ1v) is 6.27. The van der Waals surface area contributed by atoms with Gasteiger partial charge in [-0.25, -0.2) is 0 Å². The maximum absolute atomic E-state index is 12.1. The van der Waals surface area contributed by atoms with E-state index in [0.29, 0.717) is 12.8 Å². The fourth-order valence-corrected chi connectivity index (χ4v) is 2.68. The summed E-state index contributed by atoms with van der Waals surface area (Å²) >= 11 is 0. The molecule has 1 heterocycles. The first-order chi connectivity index (χ1) is 7.78. The number of hydrogen-bond donors (Lipinski definition) is 1. The predicted octanol–water partition coefficient (Wildman–Crippen LogP) is 1.28. The first kappa shape index (κ1) is 14.5. The van der Waals surface area contributed by atoms with Crippen LogP contribution in [0.4, 0.5) is 0 Å². The van der Waals surface area contributed by atoms with Crippen LogP contribution < -0.4 is 0 Å². The van der Waals surface area contributed by atoms with Crippen molar-refractivity contribution in [2.45, 2.75) is 39.2 Å². The first-order valence-electron chi connectivity index (χ1n) is 6.27. The number of methoxy groups -OCH3 is 1. The minimum Gasteiger partial charge on any atom is -0.469 e. The molecule has 0 aromatic heterocycles. The van der Waals surface area contributed by atoms with Gasteiger partial charge in [-0.3, -0.25) is 4.79 Å². The standard InChI is InChI=1S/C13H25NO3/c1-10(2)12(3,11(15)17-5)13(16)6-8-14(4)9-7-13/h10,16H,6-9H2,1-5H3. The third kappa shape index (κ3) is 2.33. The molecule has 1 aliphatic heterocycles. The molecule has 1 fully saturated rings. The molecule has 100 valence electrons. The number of ether oxygens (including phenoxy) is 1. The molecule has 1 saturated heterocycles. The van der Waals surface area contributed by atoms with Crippen molar-refractivity contribution in [2.24, 2.45) is 11.3 Å². The van der Waals surface area contributed by atoms with Crippen LogP contribution in [0.1, 0.15) is 33.6 Å². The van der Waals surface area contributed by atoms with Crippen LogP contribution in [-0.2, 0) is 9.53 Å². The number of carbonyl (C=O) groups excluding carboxylic acids is 1. The zero-order chi connectivity index (χ0) is 13.3. The van der Waals surface area contributed by atoms with Crippen molar-refractivity contribution in [3.8, 4) is 0 Å². The average Bonchev–Trinajstić information content (AvgIpc) is 2.30. The van der Waals surface area contributed by atoms with Crippen LogP contribution in [0.2, 0.25) is 0 Å². The number of likely N-dealkylation sites (tertiary alicyclic amines) is 1. The zero-order valence-electron chi connectivity index (χ0n) is 11.6. The van der Waals surface area contributed by atoms with E-state index in [9.17, 15) is 9.90 Å². The molecule has 0 spiro atoms. The summed E-state index contributed by atoms with van der Waals surface area (Å²) in [6, 6.07) is 0. The van der Waals surface area contributed by atoms with E-state index in [0.717, 1.165) is 13.1 Å². The van der Waals surface area contributed by atoms with E-state index in [1.165, 1.54) is 7.11 Å². The molecule has 0 bridgehead atoms. The molecule has 0 aromatic rings. The van der Waals surface area contributed by atoms with Gasteiger partial charge in [0.1, 0.15) is 0 Å². The summed E-state index contributed by atoms with van der Waals surface area (Å²) < 4.78 is 4.91. The van der Waals surface area contributed by atoms with Gasteiger partial charge in [0, 0.05) is 13.1 Å². The summed E-state index contributed by atoms with van der Waals surface area (Å²) in [6.45, 7) is 7.39. The van der Waals surface area contributed by atoms with E-state index >= 15 is 0 Å². The highest BCUT2D eigenvalue weighted by Crippen LogP contribution is 2.45. The molecule has 1 rings (SSSR count). The Balaban J connectivity index is 3.02. The van der Waals surface area contributed by atoms with Crippen LogP contribution in [0.5, 0.6) is 0 Å². The number of rotatable bonds is 3. The minimum absolute atomic E-state index is 0.0448. The lowest BCUT2D eigenvalue weighted by molar-refractivity contribution is -0.185. The van der Waals surface area contributed by atoms with E-state index in [2.05, 4.69) is 4.90 Å². The van der Waals surface area contributed by atoms with Gasteiger partial charge in [-0.15, -0.1) is 0 Å². The summed E-state index contributed by atoms with van der Waals surface area (Å²) in [5.41, 5.74) is -1.79. The maximum Gasteiger partial charge on any atom is 0.314 e. The molecule has 1 aliphatic rings. The molecule has 0 saturated carbocycles. The van der Waals surface area contributed by atoms with Gasteiger partial charge in [-0.2, -0.15) is 0 Å². The van der Waals surface area contributed by atoms with E-state index in [1.807, 2.05) is 27.8 Å². The molecule has 1 unspecified atom stereocenters. The second-order valence-corrected chi connectivity index (χ2v) is 5.68. The van der Waals surface area contributed by atoms with Crippen LogP contribution in [-0.4, -0.2) is 48.8 Å². The number of esters is 1. The van der Waals surface area contributed by atoms with Gasteiger partial charge in [0.05, 0.1) is 18.1 Å². The topological polar surface area (TPSA) is 49.8 Å². The SMILES string of the molecule is COC(=O)C(C)(C(C)C)C1(O)CCN(C)CC1. The molecule has 0 aliphatic carbocycles. The van der Waals surface area contributed by atoms with Crippen LogP contribution in [0.25, 0.3) is 0 Å². The van der Waals surface area contributed by atoms with Gasteiger partial charge in [0.25, 0.3) is 0 Å². The average molecular weight is 243 g/mol. The van der Waals surface area contributed by atoms with Gasteiger partial charge < -0.3 is 14.7 Å². The Morgan fingerprint density at radius 2 is 1.88 bits per heavy atom. The van der Waals surface area contributed by atoms with Crippen molar-refractivity contribution in [3.05, 3.63) is 0 Å². The summed E-state index contributed by atoms with van der Waals surface area (Å²) in [5, 5.41) is 10.9. The fourth-order valence-electron chi connectivity index (χ4n) is 2.68. The Morgan fingerprint density at radius 1 is 1.41 bits per heavy atom. The van der Waals surface area contributed by atoms with Crippen molar-refractivity contribution < 1.29 is 14.6 Å². The van der Waals surface area contributed by atoms with E-state index in [-0.39, 0.29) is 11.9 Å². The lowest BCUT2D eigenvalue weighted by Gasteiger charge is -2.49. The molecule has 0 amide bonds. The van der Waals surface area contributed by atoms with Crippen molar-refractivity contribution in [1.29, 1.82) is 0 Å². The molecule has 0 aromatic carbocycles. The summed E-state index contributed by atoms with van der Waals surface area (Å²) in [4.78, 5) is 14.2. The summed E-state index contributed by atoms with van der Waals surface area (Å²) in [5.74, 6) is -0.261. The summed E-state index contributed by atoms with van der Waals surface area (Å²) in [7, 11) is 3.42. The second kappa shape index (κ2) is 4.94. The molecule has 0 radical (unpaired) electrons. The molecular weight excluding hydrogens is 218 g/mol. The van der Waals surface area contributed by atoms with Gasteiger partial charge in [0.15, 0.2) is 0 Å². The van der Waals surface area contributed by atoms with Crippen LogP contribution >= 0.6 is 0 Å². The highest BCUT2D eigenvalue weighted by molar-refractivity contribution is 5.78. The molecule has 4 heteroatoms. The quantitative estimate of drug-likeness (QED) is 0.759. The lowest BCUT2D eigenvalue weighted by atomic mass is 9.62. The maximum atomic E-state index is 12.1. The van der Waals surface area contributed by atoms with Gasteiger partial charge in [0.2, 0.25) is 0 Å². The predicted molar refractivity (Wildman–Crippen MR) is 66.6 cm³/mol. The minimum atomic E-state index is -0.958. The number of nitrogens with zero attached hydrogens (tertiary/aromatic N) is 1. The lowest BCUT2D eigenvalue weighted by Crippen LogP contribution is -2.59. The third-order valence-corrected chi connectivity index (χ3v) is 4.55. The molecule has 1 atom stereocenters. The van der Waals surface area contributed by atoms with Crippen molar-refractivity contribution in [2.75, 3.05) is 27.2 Å². The fraction of sp³-hybridized carbons (Fsp3) is 0.923. The highest BCUT2D eigenvalue weighted by atomic mass is 16.5. The second-order valence-electron chi connectivity index (χ2n) is 5.68. The van der Waals surface area contributed by atoms with E-state index < -0.39 is 11.0 Å². The molecule has 1 N–H and O–H groups in total. The monoisotopic (exact) mass is 243 g/mol. The normalized spacial score (nSPS) is 24.4. The molecule has 17 heavy (non-hydrogen) atoms. The number of carbonyl (C=O) groups is 1. The van der Waals surface area contributed by atoms with Gasteiger partial charge in [-0.1, -0.05) is 13.8 Å². The number of hydrogen-bond acceptors (Lipinski definition) is 4. The summed E-state index contributed by atoms with van der Waals surface area (Å²) in [6.07, 6.45) is 1.24. The number of piperidine rings is 1. The molecule has 4 nitrogen and oxygen atoms in total.